The van der Waals surface area contributed by atoms with Crippen LogP contribution >= 0.6 is 11.6 Å². The van der Waals surface area contributed by atoms with Gasteiger partial charge in [0.15, 0.2) is 11.5 Å². The zero-order valence-corrected chi connectivity index (χ0v) is 12.6. The molecule has 1 aromatic rings. The van der Waals surface area contributed by atoms with Gasteiger partial charge in [-0.2, -0.15) is 0 Å². The van der Waals surface area contributed by atoms with Crippen molar-refractivity contribution in [1.29, 1.82) is 0 Å². The highest BCUT2D eigenvalue weighted by atomic mass is 35.5. The van der Waals surface area contributed by atoms with E-state index >= 15 is 0 Å². The Morgan fingerprint density at radius 3 is 2.42 bits per heavy atom. The first-order chi connectivity index (χ1) is 8.91. The second kappa shape index (κ2) is 5.59. The van der Waals surface area contributed by atoms with Crippen molar-refractivity contribution in [2.24, 2.45) is 5.73 Å². The average molecular weight is 284 g/mol. The zero-order chi connectivity index (χ0) is 14.0. The monoisotopic (exact) mass is 283 g/mol. The van der Waals surface area contributed by atoms with E-state index < -0.39 is 5.54 Å². The van der Waals surface area contributed by atoms with Gasteiger partial charge in [-0.25, -0.2) is 0 Å². The maximum Gasteiger partial charge on any atom is 0.179 e. The summed E-state index contributed by atoms with van der Waals surface area (Å²) in [6.45, 7) is 3.90. The van der Waals surface area contributed by atoms with Crippen molar-refractivity contribution in [3.63, 3.8) is 0 Å². The van der Waals surface area contributed by atoms with Crippen LogP contribution in [0, 0.1) is 0 Å². The minimum atomic E-state index is -0.455. The molecule has 106 valence electrons. The van der Waals surface area contributed by atoms with E-state index in [-0.39, 0.29) is 6.10 Å². The van der Waals surface area contributed by atoms with Gasteiger partial charge in [-0.3, -0.25) is 0 Å². The van der Waals surface area contributed by atoms with Gasteiger partial charge in [-0.1, -0.05) is 11.6 Å². The Morgan fingerprint density at radius 2 is 1.89 bits per heavy atom. The number of methoxy groups -OCH3 is 1. The average Bonchev–Trinajstić information content (AvgIpc) is 2.80. The number of rotatable bonds is 4. The SMILES string of the molecule is COc1c(Cl)cc(C(C)(C)N)cc1OC1CCCC1. The maximum atomic E-state index is 6.27. The minimum Gasteiger partial charge on any atom is -0.491 e. The Labute approximate surface area is 120 Å². The molecule has 0 heterocycles. The van der Waals surface area contributed by atoms with Gasteiger partial charge in [0.2, 0.25) is 0 Å². The number of nitrogens with two attached hydrogens (primary N) is 1. The van der Waals surface area contributed by atoms with E-state index in [4.69, 9.17) is 26.8 Å². The quantitative estimate of drug-likeness (QED) is 0.912. The van der Waals surface area contributed by atoms with Crippen molar-refractivity contribution in [3.05, 3.63) is 22.7 Å². The van der Waals surface area contributed by atoms with Gasteiger partial charge in [0.25, 0.3) is 0 Å². The molecule has 1 aliphatic carbocycles. The first kappa shape index (κ1) is 14.5. The standard InChI is InChI=1S/C15H22ClNO2/c1-15(2,17)10-8-12(16)14(18-3)13(9-10)19-11-6-4-5-7-11/h8-9,11H,4-7,17H2,1-3H3. The summed E-state index contributed by atoms with van der Waals surface area (Å²) in [5.41, 5.74) is 6.63. The van der Waals surface area contributed by atoms with Crippen LogP contribution in [-0.4, -0.2) is 13.2 Å². The summed E-state index contributed by atoms with van der Waals surface area (Å²) in [6.07, 6.45) is 4.90. The number of halogens is 1. The summed E-state index contributed by atoms with van der Waals surface area (Å²) in [6, 6.07) is 3.80. The van der Waals surface area contributed by atoms with Crippen molar-refractivity contribution < 1.29 is 9.47 Å². The molecule has 0 bridgehead atoms. The van der Waals surface area contributed by atoms with Crippen LogP contribution in [-0.2, 0) is 5.54 Å². The molecule has 0 saturated heterocycles. The second-order valence-electron chi connectivity index (χ2n) is 5.74. The molecule has 2 N–H and O–H groups in total. The highest BCUT2D eigenvalue weighted by Crippen LogP contribution is 2.40. The van der Waals surface area contributed by atoms with Gasteiger partial charge in [0, 0.05) is 5.54 Å². The first-order valence-electron chi connectivity index (χ1n) is 6.75. The molecule has 2 rings (SSSR count). The fourth-order valence-corrected chi connectivity index (χ4v) is 2.70. The lowest BCUT2D eigenvalue weighted by molar-refractivity contribution is 0.200. The molecule has 1 saturated carbocycles. The maximum absolute atomic E-state index is 6.27. The largest absolute Gasteiger partial charge is 0.491 e. The summed E-state index contributed by atoms with van der Waals surface area (Å²) >= 11 is 6.27. The summed E-state index contributed by atoms with van der Waals surface area (Å²) in [5.74, 6) is 1.30. The molecule has 0 aromatic heterocycles. The van der Waals surface area contributed by atoms with Gasteiger partial charge in [0.1, 0.15) is 0 Å². The van der Waals surface area contributed by atoms with E-state index in [9.17, 15) is 0 Å². The van der Waals surface area contributed by atoms with Crippen molar-refractivity contribution in [2.45, 2.75) is 51.2 Å². The van der Waals surface area contributed by atoms with Crippen LogP contribution in [0.2, 0.25) is 5.02 Å². The molecular weight excluding hydrogens is 262 g/mol. The molecule has 0 radical (unpaired) electrons. The molecular formula is C15H22ClNO2. The van der Waals surface area contributed by atoms with Crippen molar-refractivity contribution >= 4 is 11.6 Å². The van der Waals surface area contributed by atoms with Crippen LogP contribution < -0.4 is 15.2 Å². The van der Waals surface area contributed by atoms with E-state index in [0.717, 1.165) is 18.4 Å². The summed E-state index contributed by atoms with van der Waals surface area (Å²) < 4.78 is 11.4. The minimum absolute atomic E-state index is 0.265. The lowest BCUT2D eigenvalue weighted by atomic mass is 9.95. The molecule has 1 fully saturated rings. The Hall–Kier alpha value is -0.930. The third-order valence-corrected chi connectivity index (χ3v) is 3.83. The third-order valence-electron chi connectivity index (χ3n) is 3.55. The molecule has 0 aliphatic heterocycles. The van der Waals surface area contributed by atoms with Crippen molar-refractivity contribution in [1.82, 2.24) is 0 Å². The molecule has 4 heteroatoms. The fraction of sp³-hybridized carbons (Fsp3) is 0.600. The highest BCUT2D eigenvalue weighted by Gasteiger charge is 2.23. The van der Waals surface area contributed by atoms with Crippen LogP contribution in [0.3, 0.4) is 0 Å². The Bertz CT molecular complexity index is 448. The molecule has 1 aromatic carbocycles. The van der Waals surface area contributed by atoms with Gasteiger partial charge in [0.05, 0.1) is 18.2 Å². The lowest BCUT2D eigenvalue weighted by Crippen LogP contribution is -2.28. The van der Waals surface area contributed by atoms with Gasteiger partial charge < -0.3 is 15.2 Å². The molecule has 0 unspecified atom stereocenters. The van der Waals surface area contributed by atoms with Gasteiger partial charge in [-0.05, 0) is 57.2 Å². The normalized spacial score (nSPS) is 16.7. The molecule has 0 amide bonds. The number of ether oxygens (including phenoxy) is 2. The molecule has 3 nitrogen and oxygen atoms in total. The first-order valence-corrected chi connectivity index (χ1v) is 7.13. The van der Waals surface area contributed by atoms with E-state index in [1.807, 2.05) is 26.0 Å². The van der Waals surface area contributed by atoms with E-state index in [2.05, 4.69) is 0 Å². The van der Waals surface area contributed by atoms with Gasteiger partial charge in [-0.15, -0.1) is 0 Å². The van der Waals surface area contributed by atoms with Crippen LogP contribution in [0.1, 0.15) is 45.1 Å². The van der Waals surface area contributed by atoms with E-state index in [0.29, 0.717) is 16.5 Å². The number of hydrogen-bond donors (Lipinski definition) is 1. The van der Waals surface area contributed by atoms with E-state index in [1.165, 1.54) is 12.8 Å². The third kappa shape index (κ3) is 3.34. The van der Waals surface area contributed by atoms with Crippen molar-refractivity contribution in [2.75, 3.05) is 7.11 Å². The second-order valence-corrected chi connectivity index (χ2v) is 6.14. The summed E-state index contributed by atoms with van der Waals surface area (Å²) in [7, 11) is 1.61. The Balaban J connectivity index is 2.35. The predicted molar refractivity (Wildman–Crippen MR) is 78.1 cm³/mol. The van der Waals surface area contributed by atoms with Crippen LogP contribution in [0.4, 0.5) is 0 Å². The Kier molecular flexibility index (Phi) is 4.26. The molecule has 1 aliphatic rings. The smallest absolute Gasteiger partial charge is 0.179 e. The molecule has 19 heavy (non-hydrogen) atoms. The topological polar surface area (TPSA) is 44.5 Å². The lowest BCUT2D eigenvalue weighted by Gasteiger charge is -2.23. The molecule has 0 atom stereocenters. The van der Waals surface area contributed by atoms with Crippen LogP contribution in [0.15, 0.2) is 12.1 Å². The number of benzene rings is 1. The summed E-state index contributed by atoms with van der Waals surface area (Å²) in [5, 5.41) is 0.548. The predicted octanol–water partition coefficient (Wildman–Crippen LogP) is 3.86. The zero-order valence-electron chi connectivity index (χ0n) is 11.8. The summed E-state index contributed by atoms with van der Waals surface area (Å²) in [4.78, 5) is 0. The van der Waals surface area contributed by atoms with Crippen molar-refractivity contribution in [3.8, 4) is 11.5 Å². The fourth-order valence-electron chi connectivity index (χ4n) is 2.41. The van der Waals surface area contributed by atoms with Crippen LogP contribution in [0.5, 0.6) is 11.5 Å². The molecule has 0 spiro atoms. The van der Waals surface area contributed by atoms with Crippen LogP contribution in [0.25, 0.3) is 0 Å². The van der Waals surface area contributed by atoms with Gasteiger partial charge >= 0.3 is 0 Å². The Morgan fingerprint density at radius 1 is 1.26 bits per heavy atom. The number of hydrogen-bond acceptors (Lipinski definition) is 3. The highest BCUT2D eigenvalue weighted by molar-refractivity contribution is 6.32. The van der Waals surface area contributed by atoms with E-state index in [1.54, 1.807) is 7.11 Å².